The molecule has 1 heterocycles. The molecule has 1 unspecified atom stereocenters. The Kier molecular flexibility index (Phi) is 5.45. The van der Waals surface area contributed by atoms with Crippen LogP contribution in [0.5, 0.6) is 0 Å². The zero-order valence-corrected chi connectivity index (χ0v) is 11.5. The average molecular weight is 254 g/mol. The molecule has 1 saturated heterocycles. The summed E-state index contributed by atoms with van der Waals surface area (Å²) < 4.78 is 5.28. The Morgan fingerprint density at radius 3 is 2.78 bits per heavy atom. The molecule has 0 aromatic carbocycles. The zero-order valence-electron chi connectivity index (χ0n) is 11.5. The fourth-order valence-electron chi connectivity index (χ4n) is 2.53. The van der Waals surface area contributed by atoms with Gasteiger partial charge in [-0.15, -0.1) is 0 Å². The Balaban J connectivity index is 1.76. The molecule has 0 aromatic rings. The first-order valence-corrected chi connectivity index (χ1v) is 7.38. The lowest BCUT2D eigenvalue weighted by atomic mass is 10.2. The van der Waals surface area contributed by atoms with E-state index in [1.165, 1.54) is 25.7 Å². The number of hydrogen-bond acceptors (Lipinski definition) is 3. The molecular formula is C14H26N2O2. The third kappa shape index (κ3) is 4.58. The highest BCUT2D eigenvalue weighted by Gasteiger charge is 2.28. The molecule has 1 atom stereocenters. The van der Waals surface area contributed by atoms with E-state index < -0.39 is 0 Å². The maximum Gasteiger partial charge on any atom is 0.224 e. The van der Waals surface area contributed by atoms with Crippen LogP contribution in [0, 0.1) is 5.92 Å². The van der Waals surface area contributed by atoms with Crippen LogP contribution >= 0.6 is 0 Å². The molecule has 4 nitrogen and oxygen atoms in total. The highest BCUT2D eigenvalue weighted by Crippen LogP contribution is 2.30. The lowest BCUT2D eigenvalue weighted by Crippen LogP contribution is -2.42. The first-order chi connectivity index (χ1) is 8.79. The molecule has 1 amide bonds. The molecule has 2 aliphatic rings. The molecule has 1 aliphatic heterocycles. The number of amides is 1. The van der Waals surface area contributed by atoms with Crippen molar-refractivity contribution in [2.45, 2.75) is 45.1 Å². The van der Waals surface area contributed by atoms with Crippen LogP contribution in [-0.4, -0.2) is 49.7 Å². The van der Waals surface area contributed by atoms with Crippen molar-refractivity contribution in [3.05, 3.63) is 0 Å². The first-order valence-electron chi connectivity index (χ1n) is 7.38. The SMILES string of the molecule is CCOCCC(=O)N(CC1CC1)CC1CCCN1. The molecule has 1 saturated carbocycles. The minimum absolute atomic E-state index is 0.268. The highest BCUT2D eigenvalue weighted by molar-refractivity contribution is 5.76. The van der Waals surface area contributed by atoms with Gasteiger partial charge in [-0.05, 0) is 45.1 Å². The van der Waals surface area contributed by atoms with Crippen molar-refractivity contribution in [2.24, 2.45) is 5.92 Å². The fraction of sp³-hybridized carbons (Fsp3) is 0.929. The highest BCUT2D eigenvalue weighted by atomic mass is 16.5. The summed E-state index contributed by atoms with van der Waals surface area (Å²) in [6.07, 6.45) is 5.59. The van der Waals surface area contributed by atoms with Crippen LogP contribution < -0.4 is 5.32 Å². The summed E-state index contributed by atoms with van der Waals surface area (Å²) >= 11 is 0. The minimum atomic E-state index is 0.268. The monoisotopic (exact) mass is 254 g/mol. The number of nitrogens with one attached hydrogen (secondary N) is 1. The Morgan fingerprint density at radius 2 is 2.17 bits per heavy atom. The zero-order chi connectivity index (χ0) is 12.8. The molecule has 4 heteroatoms. The Hall–Kier alpha value is -0.610. The smallest absolute Gasteiger partial charge is 0.224 e. The van der Waals surface area contributed by atoms with Gasteiger partial charge in [0.2, 0.25) is 5.91 Å². The predicted octanol–water partition coefficient (Wildman–Crippen LogP) is 1.40. The van der Waals surface area contributed by atoms with Gasteiger partial charge in [-0.1, -0.05) is 0 Å². The second-order valence-electron chi connectivity index (χ2n) is 5.48. The standard InChI is InChI=1S/C14H26N2O2/c1-2-18-9-7-14(17)16(10-12-5-6-12)11-13-4-3-8-15-13/h12-13,15H,2-11H2,1H3. The van der Waals surface area contributed by atoms with Crippen molar-refractivity contribution >= 4 is 5.91 Å². The largest absolute Gasteiger partial charge is 0.381 e. The molecule has 0 radical (unpaired) electrons. The van der Waals surface area contributed by atoms with E-state index in [1.807, 2.05) is 6.92 Å². The van der Waals surface area contributed by atoms with Gasteiger partial charge >= 0.3 is 0 Å². The normalized spacial score (nSPS) is 23.3. The maximum atomic E-state index is 12.2. The molecule has 0 aromatic heterocycles. The summed E-state index contributed by atoms with van der Waals surface area (Å²) in [5, 5.41) is 3.48. The lowest BCUT2D eigenvalue weighted by Gasteiger charge is -2.26. The van der Waals surface area contributed by atoms with E-state index >= 15 is 0 Å². The summed E-state index contributed by atoms with van der Waals surface area (Å²) in [6, 6.07) is 0.514. The van der Waals surface area contributed by atoms with Crippen molar-refractivity contribution in [2.75, 3.05) is 32.8 Å². The minimum Gasteiger partial charge on any atom is -0.381 e. The lowest BCUT2D eigenvalue weighted by molar-refractivity contribution is -0.132. The number of carbonyl (C=O) groups excluding carboxylic acids is 1. The number of ether oxygens (including phenoxy) is 1. The van der Waals surface area contributed by atoms with Crippen molar-refractivity contribution in [1.82, 2.24) is 10.2 Å². The van der Waals surface area contributed by atoms with E-state index in [0.717, 1.165) is 25.6 Å². The van der Waals surface area contributed by atoms with Crippen LogP contribution in [0.3, 0.4) is 0 Å². The van der Waals surface area contributed by atoms with Gasteiger partial charge in [0.25, 0.3) is 0 Å². The van der Waals surface area contributed by atoms with Crippen LogP contribution in [-0.2, 0) is 9.53 Å². The molecule has 1 aliphatic carbocycles. The number of carbonyl (C=O) groups is 1. The van der Waals surface area contributed by atoms with Gasteiger partial charge in [-0.25, -0.2) is 0 Å². The summed E-state index contributed by atoms with van der Waals surface area (Å²) in [7, 11) is 0. The number of nitrogens with zero attached hydrogens (tertiary/aromatic N) is 1. The van der Waals surface area contributed by atoms with Crippen LogP contribution in [0.1, 0.15) is 39.0 Å². The summed E-state index contributed by atoms with van der Waals surface area (Å²) in [6.45, 7) is 6.18. The van der Waals surface area contributed by atoms with Crippen molar-refractivity contribution < 1.29 is 9.53 Å². The van der Waals surface area contributed by atoms with Crippen LogP contribution in [0.25, 0.3) is 0 Å². The topological polar surface area (TPSA) is 41.6 Å². The van der Waals surface area contributed by atoms with Gasteiger partial charge < -0.3 is 15.0 Å². The Labute approximate surface area is 110 Å². The predicted molar refractivity (Wildman–Crippen MR) is 71.4 cm³/mol. The molecule has 0 spiro atoms. The van der Waals surface area contributed by atoms with Crippen molar-refractivity contribution in [3.63, 3.8) is 0 Å². The van der Waals surface area contributed by atoms with Gasteiger partial charge in [0.05, 0.1) is 13.0 Å². The third-order valence-corrected chi connectivity index (χ3v) is 3.80. The quantitative estimate of drug-likeness (QED) is 0.666. The Bertz CT molecular complexity index is 261. The van der Waals surface area contributed by atoms with E-state index in [1.54, 1.807) is 0 Å². The molecule has 2 rings (SSSR count). The van der Waals surface area contributed by atoms with Crippen LogP contribution in [0.4, 0.5) is 0 Å². The first kappa shape index (κ1) is 13.8. The molecule has 18 heavy (non-hydrogen) atoms. The van der Waals surface area contributed by atoms with E-state index in [4.69, 9.17) is 4.74 Å². The van der Waals surface area contributed by atoms with Crippen LogP contribution in [0.15, 0.2) is 0 Å². The van der Waals surface area contributed by atoms with Gasteiger partial charge in [0.15, 0.2) is 0 Å². The van der Waals surface area contributed by atoms with Crippen molar-refractivity contribution in [1.29, 1.82) is 0 Å². The van der Waals surface area contributed by atoms with Gasteiger partial charge in [0.1, 0.15) is 0 Å². The Morgan fingerprint density at radius 1 is 1.33 bits per heavy atom. The maximum absolute atomic E-state index is 12.2. The molecule has 0 bridgehead atoms. The molecular weight excluding hydrogens is 228 g/mol. The number of rotatable bonds is 8. The molecule has 2 fully saturated rings. The summed E-state index contributed by atoms with van der Waals surface area (Å²) in [4.78, 5) is 14.3. The summed E-state index contributed by atoms with van der Waals surface area (Å²) in [5.74, 6) is 1.03. The average Bonchev–Trinajstić information content (AvgIpc) is 3.03. The summed E-state index contributed by atoms with van der Waals surface area (Å²) in [5.41, 5.74) is 0. The van der Waals surface area contributed by atoms with Gasteiger partial charge in [-0.3, -0.25) is 4.79 Å². The van der Waals surface area contributed by atoms with E-state index in [-0.39, 0.29) is 5.91 Å². The van der Waals surface area contributed by atoms with Gasteiger partial charge in [0, 0.05) is 25.7 Å². The second kappa shape index (κ2) is 7.10. The fourth-order valence-corrected chi connectivity index (χ4v) is 2.53. The van der Waals surface area contributed by atoms with E-state index in [2.05, 4.69) is 10.2 Å². The second-order valence-corrected chi connectivity index (χ2v) is 5.48. The van der Waals surface area contributed by atoms with E-state index in [0.29, 0.717) is 25.7 Å². The van der Waals surface area contributed by atoms with Crippen LogP contribution in [0.2, 0.25) is 0 Å². The van der Waals surface area contributed by atoms with Gasteiger partial charge in [-0.2, -0.15) is 0 Å². The van der Waals surface area contributed by atoms with Crippen molar-refractivity contribution in [3.8, 4) is 0 Å². The molecule has 1 N–H and O–H groups in total. The molecule has 104 valence electrons. The van der Waals surface area contributed by atoms with E-state index in [9.17, 15) is 4.79 Å². The third-order valence-electron chi connectivity index (χ3n) is 3.80. The number of hydrogen-bond donors (Lipinski definition) is 1.